The minimum atomic E-state index is -0.466. The van der Waals surface area contributed by atoms with E-state index in [1.165, 1.54) is 18.2 Å². The van der Waals surface area contributed by atoms with E-state index in [9.17, 15) is 10.1 Å². The van der Waals surface area contributed by atoms with Crippen LogP contribution >= 0.6 is 11.6 Å². The van der Waals surface area contributed by atoms with Crippen molar-refractivity contribution in [1.82, 2.24) is 4.98 Å². The number of nitro groups is 1. The number of rotatable bonds is 1. The molecule has 0 N–H and O–H groups in total. The number of benzene rings is 1. The van der Waals surface area contributed by atoms with Crippen molar-refractivity contribution in [2.75, 3.05) is 0 Å². The molecule has 0 unspecified atom stereocenters. The summed E-state index contributed by atoms with van der Waals surface area (Å²) in [6.07, 6.45) is 2.60. The van der Waals surface area contributed by atoms with Gasteiger partial charge in [-0.1, -0.05) is 11.6 Å². The fraction of sp³-hybridized carbons (Fsp3) is 0. The quantitative estimate of drug-likeness (QED) is 0.534. The molecule has 0 saturated carbocycles. The van der Waals surface area contributed by atoms with Crippen LogP contribution in [0, 0.1) is 16.3 Å². The molecule has 5 heteroatoms. The molecule has 4 nitrogen and oxygen atoms in total. The number of non-ortho nitro benzene ring substituents is 1. The molecular weight excluding hydrogens is 204 g/mol. The second-order valence-electron chi connectivity index (χ2n) is 2.69. The third-order valence-corrected chi connectivity index (χ3v) is 2.14. The minimum Gasteiger partial charge on any atom is -0.258 e. The number of nitrogens with zero attached hydrogens (tertiary/aromatic N) is 2. The Bertz CT molecular complexity index is 513. The van der Waals surface area contributed by atoms with Crippen LogP contribution in [0.1, 0.15) is 0 Å². The second kappa shape index (κ2) is 3.23. The first-order chi connectivity index (χ1) is 6.68. The Hall–Kier alpha value is -1.68. The molecule has 14 heavy (non-hydrogen) atoms. The first-order valence-corrected chi connectivity index (χ1v) is 4.17. The Morgan fingerprint density at radius 2 is 2.29 bits per heavy atom. The molecule has 0 aliphatic rings. The minimum absolute atomic E-state index is 0.00685. The van der Waals surface area contributed by atoms with Crippen LogP contribution < -0.4 is 0 Å². The van der Waals surface area contributed by atoms with Crippen LogP contribution in [0.25, 0.3) is 10.9 Å². The molecule has 1 aromatic carbocycles. The standard InChI is InChI=1S/C9H4ClN2O2/c10-8-3-4-11-9-2-1-6(12(13)14)5-7(8)9/h1-3,5H. The van der Waals surface area contributed by atoms with Crippen molar-refractivity contribution in [3.63, 3.8) is 0 Å². The van der Waals surface area contributed by atoms with Crippen LogP contribution in [0.2, 0.25) is 5.02 Å². The molecule has 0 amide bonds. The molecule has 0 fully saturated rings. The maximum Gasteiger partial charge on any atom is 0.270 e. The summed E-state index contributed by atoms with van der Waals surface area (Å²) in [5, 5.41) is 11.5. The van der Waals surface area contributed by atoms with Gasteiger partial charge in [0.25, 0.3) is 5.69 Å². The number of halogens is 1. The molecule has 0 saturated heterocycles. The van der Waals surface area contributed by atoms with Gasteiger partial charge in [0.15, 0.2) is 0 Å². The number of pyridine rings is 1. The zero-order valence-corrected chi connectivity index (χ0v) is 7.65. The van der Waals surface area contributed by atoms with Crippen LogP contribution in [-0.4, -0.2) is 9.91 Å². The van der Waals surface area contributed by atoms with Gasteiger partial charge in [-0.15, -0.1) is 0 Å². The zero-order valence-electron chi connectivity index (χ0n) is 6.90. The van der Waals surface area contributed by atoms with Crippen LogP contribution in [0.5, 0.6) is 0 Å². The van der Waals surface area contributed by atoms with Crippen LogP contribution in [0.15, 0.2) is 24.3 Å². The van der Waals surface area contributed by atoms with E-state index in [0.29, 0.717) is 15.9 Å². The van der Waals surface area contributed by atoms with E-state index in [1.54, 1.807) is 6.07 Å². The summed E-state index contributed by atoms with van der Waals surface area (Å²) in [7, 11) is 0. The molecule has 1 heterocycles. The first-order valence-electron chi connectivity index (χ1n) is 3.79. The lowest BCUT2D eigenvalue weighted by atomic mass is 10.2. The third-order valence-electron chi connectivity index (χ3n) is 1.82. The summed E-state index contributed by atoms with van der Waals surface area (Å²) >= 11 is 5.84. The predicted molar refractivity (Wildman–Crippen MR) is 52.2 cm³/mol. The van der Waals surface area contributed by atoms with Crippen molar-refractivity contribution in [2.24, 2.45) is 0 Å². The molecule has 0 bridgehead atoms. The molecule has 69 valence electrons. The van der Waals surface area contributed by atoms with E-state index in [-0.39, 0.29) is 5.69 Å². The van der Waals surface area contributed by atoms with Gasteiger partial charge in [-0.3, -0.25) is 10.1 Å². The molecule has 2 rings (SSSR count). The van der Waals surface area contributed by atoms with Crippen LogP contribution in [0.4, 0.5) is 5.69 Å². The van der Waals surface area contributed by atoms with Crippen molar-refractivity contribution in [3.8, 4) is 0 Å². The monoisotopic (exact) mass is 207 g/mol. The highest BCUT2D eigenvalue weighted by atomic mass is 35.5. The van der Waals surface area contributed by atoms with Gasteiger partial charge in [0.1, 0.15) is 0 Å². The number of aromatic nitrogens is 1. The van der Waals surface area contributed by atoms with Gasteiger partial charge in [-0.2, -0.15) is 0 Å². The van der Waals surface area contributed by atoms with Crippen LogP contribution in [-0.2, 0) is 0 Å². The highest BCUT2D eigenvalue weighted by Gasteiger charge is 2.08. The Labute approximate surface area is 84.3 Å². The van der Waals surface area contributed by atoms with Crippen molar-refractivity contribution in [2.45, 2.75) is 0 Å². The van der Waals surface area contributed by atoms with E-state index < -0.39 is 4.92 Å². The van der Waals surface area contributed by atoms with E-state index in [1.807, 2.05) is 0 Å². The second-order valence-corrected chi connectivity index (χ2v) is 3.10. The smallest absolute Gasteiger partial charge is 0.258 e. The number of nitro benzene ring substituents is 1. The molecular formula is C9H4ClN2O2. The summed E-state index contributed by atoms with van der Waals surface area (Å²) in [5.41, 5.74) is 0.607. The van der Waals surface area contributed by atoms with Crippen LogP contribution in [0.3, 0.4) is 0 Å². The fourth-order valence-electron chi connectivity index (χ4n) is 1.16. The molecule has 0 spiro atoms. The Morgan fingerprint density at radius 3 is 3.00 bits per heavy atom. The van der Waals surface area contributed by atoms with E-state index in [0.717, 1.165) is 0 Å². The number of hydrogen-bond acceptors (Lipinski definition) is 3. The number of fused-ring (bicyclic) bond motifs is 1. The number of hydrogen-bond donors (Lipinski definition) is 0. The van der Waals surface area contributed by atoms with E-state index in [4.69, 9.17) is 11.6 Å². The van der Waals surface area contributed by atoms with Gasteiger partial charge in [0.05, 0.1) is 21.7 Å². The summed E-state index contributed by atoms with van der Waals surface area (Å²) < 4.78 is 0. The van der Waals surface area contributed by atoms with Gasteiger partial charge < -0.3 is 0 Å². The molecule has 1 aromatic heterocycles. The Kier molecular flexibility index (Phi) is 2.05. The van der Waals surface area contributed by atoms with Crippen molar-refractivity contribution < 1.29 is 4.92 Å². The average molecular weight is 208 g/mol. The van der Waals surface area contributed by atoms with Gasteiger partial charge in [-0.05, 0) is 12.1 Å². The van der Waals surface area contributed by atoms with Gasteiger partial charge in [-0.25, -0.2) is 4.98 Å². The summed E-state index contributed by atoms with van der Waals surface area (Å²) in [6.45, 7) is 0. The van der Waals surface area contributed by atoms with E-state index >= 15 is 0 Å². The molecule has 2 aromatic rings. The van der Waals surface area contributed by atoms with Gasteiger partial charge >= 0.3 is 0 Å². The maximum absolute atomic E-state index is 10.5. The molecule has 0 atom stereocenters. The maximum atomic E-state index is 10.5. The van der Waals surface area contributed by atoms with Crippen molar-refractivity contribution in [1.29, 1.82) is 0 Å². The zero-order chi connectivity index (χ0) is 10.1. The molecule has 0 aliphatic heterocycles. The molecule has 0 aliphatic carbocycles. The summed E-state index contributed by atoms with van der Waals surface area (Å²) in [6, 6.07) is 5.82. The van der Waals surface area contributed by atoms with Gasteiger partial charge in [0, 0.05) is 17.5 Å². The van der Waals surface area contributed by atoms with E-state index in [2.05, 4.69) is 11.2 Å². The SMILES string of the molecule is O=[N+]([O-])c1ccc2n[c]cc(Cl)c2c1. The molecule has 1 radical (unpaired) electrons. The Morgan fingerprint density at radius 1 is 1.50 bits per heavy atom. The lowest BCUT2D eigenvalue weighted by Crippen LogP contribution is -1.88. The summed E-state index contributed by atoms with van der Waals surface area (Å²) in [4.78, 5) is 13.9. The highest BCUT2D eigenvalue weighted by molar-refractivity contribution is 6.35. The Balaban J connectivity index is 2.76. The fourth-order valence-corrected chi connectivity index (χ4v) is 1.36. The predicted octanol–water partition coefficient (Wildman–Crippen LogP) is 2.60. The average Bonchev–Trinajstić information content (AvgIpc) is 2.18. The highest BCUT2D eigenvalue weighted by Crippen LogP contribution is 2.25. The first kappa shape index (κ1) is 8.90. The topological polar surface area (TPSA) is 56.0 Å². The summed E-state index contributed by atoms with van der Waals surface area (Å²) in [5.74, 6) is 0. The third kappa shape index (κ3) is 1.40. The van der Waals surface area contributed by atoms with Gasteiger partial charge in [0.2, 0.25) is 0 Å². The van der Waals surface area contributed by atoms with Crippen molar-refractivity contribution >= 4 is 28.2 Å². The lowest BCUT2D eigenvalue weighted by Gasteiger charge is -1.97. The van der Waals surface area contributed by atoms with Crippen molar-refractivity contribution in [3.05, 3.63) is 45.6 Å². The normalized spacial score (nSPS) is 10.4. The largest absolute Gasteiger partial charge is 0.270 e. The lowest BCUT2D eigenvalue weighted by molar-refractivity contribution is -0.384.